The van der Waals surface area contributed by atoms with Crippen molar-refractivity contribution >= 4 is 5.91 Å². The molecular formula is C19H26N4O. The zero-order valence-electron chi connectivity index (χ0n) is 14.1. The molecule has 5 nitrogen and oxygen atoms in total. The predicted molar refractivity (Wildman–Crippen MR) is 94.4 cm³/mol. The number of benzene rings is 1. The molecule has 1 aromatic carbocycles. The molecule has 0 unspecified atom stereocenters. The van der Waals surface area contributed by atoms with Crippen LogP contribution in [0, 0.1) is 5.92 Å². The Labute approximate surface area is 143 Å². The van der Waals surface area contributed by atoms with Gasteiger partial charge in [0.1, 0.15) is 5.82 Å². The first-order valence-electron chi connectivity index (χ1n) is 8.82. The van der Waals surface area contributed by atoms with Crippen LogP contribution in [-0.2, 0) is 24.3 Å². The minimum atomic E-state index is 0.0366. The maximum atomic E-state index is 11.8. The molecule has 1 heterocycles. The normalized spacial score (nSPS) is 13.8. The summed E-state index contributed by atoms with van der Waals surface area (Å²) in [7, 11) is 0. The van der Waals surface area contributed by atoms with Crippen molar-refractivity contribution in [2.75, 3.05) is 13.1 Å². The van der Waals surface area contributed by atoms with E-state index in [2.05, 4.69) is 44.5 Å². The van der Waals surface area contributed by atoms with Crippen molar-refractivity contribution in [3.05, 3.63) is 54.1 Å². The standard InChI is InChI=1S/C19H26N4O/c24-19(15-20-13-17-8-9-17)22-14-18-21-10-12-23(18)11-4-7-16-5-2-1-3-6-16/h1-3,5-6,10,12,17,20H,4,7-9,11,13-15H2,(H,22,24). The molecule has 0 saturated heterocycles. The topological polar surface area (TPSA) is 59.0 Å². The third-order valence-corrected chi connectivity index (χ3v) is 4.37. The number of imidazole rings is 1. The lowest BCUT2D eigenvalue weighted by Gasteiger charge is -2.09. The van der Waals surface area contributed by atoms with E-state index < -0.39 is 0 Å². The second-order valence-corrected chi connectivity index (χ2v) is 6.48. The van der Waals surface area contributed by atoms with Crippen LogP contribution in [0.15, 0.2) is 42.7 Å². The molecule has 128 valence electrons. The van der Waals surface area contributed by atoms with Crippen LogP contribution < -0.4 is 10.6 Å². The van der Waals surface area contributed by atoms with Crippen molar-refractivity contribution in [1.82, 2.24) is 20.2 Å². The average molecular weight is 326 g/mol. The lowest BCUT2D eigenvalue weighted by Crippen LogP contribution is -2.34. The summed E-state index contributed by atoms with van der Waals surface area (Å²) in [5.74, 6) is 1.74. The highest BCUT2D eigenvalue weighted by atomic mass is 16.1. The highest BCUT2D eigenvalue weighted by molar-refractivity contribution is 5.77. The van der Waals surface area contributed by atoms with Crippen molar-refractivity contribution in [2.45, 2.75) is 38.8 Å². The molecule has 1 aromatic heterocycles. The zero-order chi connectivity index (χ0) is 16.6. The quantitative estimate of drug-likeness (QED) is 0.703. The number of hydrogen-bond donors (Lipinski definition) is 2. The summed E-state index contributed by atoms with van der Waals surface area (Å²) < 4.78 is 2.13. The van der Waals surface area contributed by atoms with Crippen LogP contribution in [0.25, 0.3) is 0 Å². The van der Waals surface area contributed by atoms with Gasteiger partial charge in [-0.1, -0.05) is 30.3 Å². The summed E-state index contributed by atoms with van der Waals surface area (Å²) in [5.41, 5.74) is 1.36. The maximum absolute atomic E-state index is 11.8. The van der Waals surface area contributed by atoms with Crippen molar-refractivity contribution in [1.29, 1.82) is 0 Å². The van der Waals surface area contributed by atoms with Gasteiger partial charge in [-0.15, -0.1) is 0 Å². The molecule has 2 N–H and O–H groups in total. The summed E-state index contributed by atoms with van der Waals surface area (Å²) in [4.78, 5) is 16.2. The largest absolute Gasteiger partial charge is 0.348 e. The van der Waals surface area contributed by atoms with Gasteiger partial charge in [0.05, 0.1) is 13.1 Å². The number of aromatic nitrogens is 2. The van der Waals surface area contributed by atoms with Crippen LogP contribution in [0.3, 0.4) is 0 Å². The second kappa shape index (κ2) is 8.64. The summed E-state index contributed by atoms with van der Waals surface area (Å²) in [5, 5.41) is 6.15. The maximum Gasteiger partial charge on any atom is 0.234 e. The summed E-state index contributed by atoms with van der Waals surface area (Å²) in [6.07, 6.45) is 8.50. The van der Waals surface area contributed by atoms with Crippen molar-refractivity contribution < 1.29 is 4.79 Å². The lowest BCUT2D eigenvalue weighted by molar-refractivity contribution is -0.120. The molecule has 0 aliphatic heterocycles. The number of nitrogens with one attached hydrogen (secondary N) is 2. The van der Waals surface area contributed by atoms with Gasteiger partial charge in [0.25, 0.3) is 0 Å². The third kappa shape index (κ3) is 5.49. The van der Waals surface area contributed by atoms with E-state index in [0.29, 0.717) is 13.1 Å². The fourth-order valence-electron chi connectivity index (χ4n) is 2.76. The molecule has 0 atom stereocenters. The van der Waals surface area contributed by atoms with Gasteiger partial charge in [-0.2, -0.15) is 0 Å². The van der Waals surface area contributed by atoms with E-state index in [9.17, 15) is 4.79 Å². The van der Waals surface area contributed by atoms with E-state index >= 15 is 0 Å². The Morgan fingerprint density at radius 3 is 2.88 bits per heavy atom. The number of aryl methyl sites for hydroxylation is 2. The van der Waals surface area contributed by atoms with Gasteiger partial charge in [-0.25, -0.2) is 4.98 Å². The van der Waals surface area contributed by atoms with Crippen LogP contribution in [-0.4, -0.2) is 28.5 Å². The Morgan fingerprint density at radius 1 is 1.25 bits per heavy atom. The van der Waals surface area contributed by atoms with Crippen LogP contribution in [0.4, 0.5) is 0 Å². The first-order valence-corrected chi connectivity index (χ1v) is 8.82. The highest BCUT2D eigenvalue weighted by Crippen LogP contribution is 2.27. The minimum Gasteiger partial charge on any atom is -0.348 e. The Bertz CT molecular complexity index is 634. The first-order chi connectivity index (χ1) is 11.8. The smallest absolute Gasteiger partial charge is 0.234 e. The van der Waals surface area contributed by atoms with Crippen LogP contribution in [0.5, 0.6) is 0 Å². The molecule has 2 aromatic rings. The number of amides is 1. The van der Waals surface area contributed by atoms with Gasteiger partial charge >= 0.3 is 0 Å². The number of hydrogen-bond acceptors (Lipinski definition) is 3. The first kappa shape index (κ1) is 16.7. The lowest BCUT2D eigenvalue weighted by atomic mass is 10.1. The molecule has 1 saturated carbocycles. The van der Waals surface area contributed by atoms with Gasteiger partial charge in [-0.3, -0.25) is 4.79 Å². The molecular weight excluding hydrogens is 300 g/mol. The summed E-state index contributed by atoms with van der Waals surface area (Å²) in [6, 6.07) is 10.5. The number of rotatable bonds is 10. The highest BCUT2D eigenvalue weighted by Gasteiger charge is 2.20. The monoisotopic (exact) mass is 326 g/mol. The molecule has 3 rings (SSSR count). The van der Waals surface area contributed by atoms with Crippen molar-refractivity contribution in [2.24, 2.45) is 5.92 Å². The molecule has 0 bridgehead atoms. The minimum absolute atomic E-state index is 0.0366. The van der Waals surface area contributed by atoms with E-state index in [4.69, 9.17) is 0 Å². The van der Waals surface area contributed by atoms with E-state index in [0.717, 1.165) is 37.7 Å². The van der Waals surface area contributed by atoms with Gasteiger partial charge in [0.15, 0.2) is 0 Å². The van der Waals surface area contributed by atoms with Crippen LogP contribution in [0.1, 0.15) is 30.7 Å². The zero-order valence-corrected chi connectivity index (χ0v) is 14.1. The number of carbonyl (C=O) groups excluding carboxylic acids is 1. The van der Waals surface area contributed by atoms with Crippen molar-refractivity contribution in [3.8, 4) is 0 Å². The van der Waals surface area contributed by atoms with Gasteiger partial charge in [-0.05, 0) is 43.7 Å². The third-order valence-electron chi connectivity index (χ3n) is 4.37. The molecule has 1 aliphatic carbocycles. The number of nitrogens with zero attached hydrogens (tertiary/aromatic N) is 2. The number of carbonyl (C=O) groups is 1. The Hall–Kier alpha value is -2.14. The van der Waals surface area contributed by atoms with Crippen LogP contribution >= 0.6 is 0 Å². The Balaban J connectivity index is 1.37. The van der Waals surface area contributed by atoms with Crippen LogP contribution in [0.2, 0.25) is 0 Å². The fourth-order valence-corrected chi connectivity index (χ4v) is 2.76. The average Bonchev–Trinajstić information content (AvgIpc) is 3.32. The molecule has 1 aliphatic rings. The second-order valence-electron chi connectivity index (χ2n) is 6.48. The molecule has 0 radical (unpaired) electrons. The predicted octanol–water partition coefficient (Wildman–Crippen LogP) is 2.13. The molecule has 1 fully saturated rings. The molecule has 1 amide bonds. The van der Waals surface area contributed by atoms with E-state index in [1.54, 1.807) is 6.20 Å². The summed E-state index contributed by atoms with van der Waals surface area (Å²) >= 11 is 0. The fraction of sp³-hybridized carbons (Fsp3) is 0.474. The SMILES string of the molecule is O=C(CNCC1CC1)NCc1nccn1CCCc1ccccc1. The Kier molecular flexibility index (Phi) is 6.01. The van der Waals surface area contributed by atoms with Gasteiger partial charge in [0.2, 0.25) is 5.91 Å². The molecule has 5 heteroatoms. The van der Waals surface area contributed by atoms with E-state index in [1.165, 1.54) is 18.4 Å². The van der Waals surface area contributed by atoms with Crippen molar-refractivity contribution in [3.63, 3.8) is 0 Å². The van der Waals surface area contributed by atoms with E-state index in [-0.39, 0.29) is 5.91 Å². The van der Waals surface area contributed by atoms with Gasteiger partial charge in [0, 0.05) is 18.9 Å². The van der Waals surface area contributed by atoms with E-state index in [1.807, 2.05) is 12.3 Å². The Morgan fingerprint density at radius 2 is 2.08 bits per heavy atom. The molecule has 0 spiro atoms. The summed E-state index contributed by atoms with van der Waals surface area (Å²) in [6.45, 7) is 2.76. The molecule has 24 heavy (non-hydrogen) atoms. The van der Waals surface area contributed by atoms with Gasteiger partial charge < -0.3 is 15.2 Å².